The highest BCUT2D eigenvalue weighted by molar-refractivity contribution is 6.31. The third kappa shape index (κ3) is 6.37. The summed E-state index contributed by atoms with van der Waals surface area (Å²) in [6.45, 7) is 0.218. The van der Waals surface area contributed by atoms with Crippen molar-refractivity contribution in [2.45, 2.75) is 31.7 Å². The van der Waals surface area contributed by atoms with Crippen molar-refractivity contribution >= 4 is 29.2 Å². The second kappa shape index (κ2) is 10.9. The number of aromatic nitrogens is 2. The minimum Gasteiger partial charge on any atom is -0.507 e. The number of amides is 2. The number of alkyl halides is 3. The lowest BCUT2D eigenvalue weighted by Gasteiger charge is -2.10. The van der Waals surface area contributed by atoms with E-state index in [2.05, 4.69) is 20.5 Å². The van der Waals surface area contributed by atoms with Crippen molar-refractivity contribution in [1.82, 2.24) is 15.1 Å². The molecule has 1 fully saturated rings. The third-order valence-corrected chi connectivity index (χ3v) is 6.56. The highest BCUT2D eigenvalue weighted by Crippen LogP contribution is 2.42. The Kier molecular flexibility index (Phi) is 7.40. The maximum absolute atomic E-state index is 13.0. The first kappa shape index (κ1) is 27.1. The minimum absolute atomic E-state index is 0.0914. The van der Waals surface area contributed by atoms with Crippen molar-refractivity contribution in [2.75, 3.05) is 5.32 Å². The number of rotatable bonds is 7. The fourth-order valence-electron chi connectivity index (χ4n) is 4.08. The number of nitrogens with zero attached hydrogens (tertiary/aromatic N) is 2. The van der Waals surface area contributed by atoms with Crippen LogP contribution in [0.1, 0.15) is 40.4 Å². The van der Waals surface area contributed by atoms with Crippen LogP contribution in [0.15, 0.2) is 72.8 Å². The third-order valence-electron chi connectivity index (χ3n) is 6.19. The summed E-state index contributed by atoms with van der Waals surface area (Å²) in [5.41, 5.74) is 2.56. The zero-order valence-electron chi connectivity index (χ0n) is 20.7. The molecule has 1 aromatic heterocycles. The van der Waals surface area contributed by atoms with Crippen molar-refractivity contribution in [2.24, 2.45) is 0 Å². The largest absolute Gasteiger partial charge is 0.573 e. The number of hydrogen-bond donors (Lipinski definition) is 3. The molecule has 3 aromatic carbocycles. The number of phenols is 1. The van der Waals surface area contributed by atoms with E-state index in [4.69, 9.17) is 11.6 Å². The number of halogens is 4. The van der Waals surface area contributed by atoms with Crippen LogP contribution in [0.3, 0.4) is 0 Å². The molecule has 5 rings (SSSR count). The van der Waals surface area contributed by atoms with Crippen LogP contribution in [0.2, 0.25) is 5.02 Å². The number of anilines is 1. The number of carbonyl (C=O) groups is 2. The zero-order valence-corrected chi connectivity index (χ0v) is 21.5. The quantitative estimate of drug-likeness (QED) is 0.229. The monoisotopic (exact) mass is 570 g/mol. The number of benzene rings is 3. The maximum Gasteiger partial charge on any atom is 0.573 e. The van der Waals surface area contributed by atoms with Crippen molar-refractivity contribution in [3.63, 3.8) is 0 Å². The van der Waals surface area contributed by atoms with Gasteiger partial charge >= 0.3 is 12.4 Å². The van der Waals surface area contributed by atoms with E-state index in [0.29, 0.717) is 16.3 Å². The second-order valence-corrected chi connectivity index (χ2v) is 9.56. The summed E-state index contributed by atoms with van der Waals surface area (Å²) in [6, 6.07) is 17.4. The van der Waals surface area contributed by atoms with Gasteiger partial charge in [0.15, 0.2) is 0 Å². The van der Waals surface area contributed by atoms with E-state index in [1.807, 2.05) is 12.1 Å². The number of carbonyl (C=O) groups excluding carboxylic acids is 2. The van der Waals surface area contributed by atoms with E-state index < -0.39 is 24.1 Å². The molecule has 0 aliphatic heterocycles. The Morgan fingerprint density at radius 1 is 1.05 bits per heavy atom. The SMILES string of the molecule is O=C(Nc1ccc(-c2cc(C3CC3)n(C(=O)NCc3ccccc3Cl)n2)c(O)c1)c1ccc(OC(F)(F)F)cc1. The Morgan fingerprint density at radius 2 is 1.77 bits per heavy atom. The summed E-state index contributed by atoms with van der Waals surface area (Å²) in [7, 11) is 0. The van der Waals surface area contributed by atoms with Gasteiger partial charge in [0.1, 0.15) is 11.5 Å². The lowest BCUT2D eigenvalue weighted by Crippen LogP contribution is -2.30. The molecule has 206 valence electrons. The molecule has 12 heteroatoms. The Hall–Kier alpha value is -4.51. The van der Waals surface area contributed by atoms with Gasteiger partial charge in [-0.3, -0.25) is 4.79 Å². The highest BCUT2D eigenvalue weighted by Gasteiger charge is 2.32. The summed E-state index contributed by atoms with van der Waals surface area (Å²) in [4.78, 5) is 25.5. The molecule has 0 atom stereocenters. The van der Waals surface area contributed by atoms with Gasteiger partial charge in [0, 0.05) is 40.4 Å². The summed E-state index contributed by atoms with van der Waals surface area (Å²) in [6.07, 6.45) is -3.00. The first-order valence-electron chi connectivity index (χ1n) is 12.2. The molecule has 0 saturated heterocycles. The molecule has 1 heterocycles. The number of aromatic hydroxyl groups is 1. The summed E-state index contributed by atoms with van der Waals surface area (Å²) < 4.78 is 42.1. The number of nitrogens with one attached hydrogen (secondary N) is 2. The molecule has 0 radical (unpaired) electrons. The molecule has 40 heavy (non-hydrogen) atoms. The molecule has 0 bridgehead atoms. The minimum atomic E-state index is -4.83. The summed E-state index contributed by atoms with van der Waals surface area (Å²) >= 11 is 6.18. The molecule has 0 spiro atoms. The van der Waals surface area contributed by atoms with Crippen LogP contribution in [0.5, 0.6) is 11.5 Å². The van der Waals surface area contributed by atoms with Gasteiger partial charge in [0.05, 0.1) is 11.4 Å². The van der Waals surface area contributed by atoms with Crippen LogP contribution in [0, 0.1) is 0 Å². The van der Waals surface area contributed by atoms with Gasteiger partial charge in [-0.05, 0) is 66.9 Å². The Bertz CT molecular complexity index is 1570. The average molecular weight is 571 g/mol. The first-order chi connectivity index (χ1) is 19.1. The van der Waals surface area contributed by atoms with Crippen LogP contribution >= 0.6 is 11.6 Å². The van der Waals surface area contributed by atoms with E-state index >= 15 is 0 Å². The Morgan fingerprint density at radius 3 is 2.42 bits per heavy atom. The maximum atomic E-state index is 13.0. The smallest absolute Gasteiger partial charge is 0.507 e. The number of ether oxygens (including phenoxy) is 1. The van der Waals surface area contributed by atoms with Crippen molar-refractivity contribution in [1.29, 1.82) is 0 Å². The van der Waals surface area contributed by atoms with Crippen LogP contribution in [-0.4, -0.2) is 33.2 Å². The van der Waals surface area contributed by atoms with Gasteiger partial charge < -0.3 is 20.5 Å². The van der Waals surface area contributed by atoms with Crippen molar-refractivity contribution < 1.29 is 32.6 Å². The van der Waals surface area contributed by atoms with Gasteiger partial charge in [0.2, 0.25) is 0 Å². The van der Waals surface area contributed by atoms with Crippen LogP contribution in [0.25, 0.3) is 11.3 Å². The van der Waals surface area contributed by atoms with Crippen LogP contribution in [0.4, 0.5) is 23.7 Å². The van der Waals surface area contributed by atoms with Crippen molar-refractivity contribution in [3.8, 4) is 22.8 Å². The molecule has 3 N–H and O–H groups in total. The van der Waals surface area contributed by atoms with Gasteiger partial charge in [-0.2, -0.15) is 9.78 Å². The van der Waals surface area contributed by atoms with Crippen molar-refractivity contribution in [3.05, 3.63) is 94.6 Å². The molecule has 4 aromatic rings. The Labute approximate surface area is 231 Å². The molecule has 0 unspecified atom stereocenters. The number of hydrogen-bond acceptors (Lipinski definition) is 5. The standard InChI is InChI=1S/C28H22ClF3N4O4/c29-22-4-2-1-3-18(22)15-33-27(39)36-24(16-5-6-16)14-23(35-36)21-12-9-19(13-25(21)37)34-26(38)17-7-10-20(11-8-17)40-28(30,31)32/h1-4,7-14,16,37H,5-6,15H2,(H,33,39)(H,34,38). The fourth-order valence-corrected chi connectivity index (χ4v) is 4.29. The topological polar surface area (TPSA) is 105 Å². The molecule has 2 amide bonds. The van der Waals surface area contributed by atoms with E-state index in [1.54, 1.807) is 30.3 Å². The summed E-state index contributed by atoms with van der Waals surface area (Å²) in [5.74, 6) is -1.05. The van der Waals surface area contributed by atoms with E-state index in [1.165, 1.54) is 22.9 Å². The first-order valence-corrected chi connectivity index (χ1v) is 12.6. The van der Waals surface area contributed by atoms with E-state index in [-0.39, 0.29) is 29.5 Å². The molecule has 1 aliphatic rings. The van der Waals surface area contributed by atoms with Gasteiger partial charge in [-0.25, -0.2) is 4.79 Å². The molecule has 8 nitrogen and oxygen atoms in total. The Balaban J connectivity index is 1.29. The predicted octanol–water partition coefficient (Wildman–Crippen LogP) is 6.70. The lowest BCUT2D eigenvalue weighted by atomic mass is 10.1. The second-order valence-electron chi connectivity index (χ2n) is 9.15. The number of phenolic OH excluding ortho intramolecular Hbond substituents is 1. The molecule has 1 aliphatic carbocycles. The average Bonchev–Trinajstić information content (AvgIpc) is 3.66. The molecular weight excluding hydrogens is 549 g/mol. The molecule has 1 saturated carbocycles. The molecular formula is C28H22ClF3N4O4. The van der Waals surface area contributed by atoms with Gasteiger partial charge in [0.25, 0.3) is 5.91 Å². The predicted molar refractivity (Wildman–Crippen MR) is 141 cm³/mol. The van der Waals surface area contributed by atoms with Gasteiger partial charge in [-0.1, -0.05) is 29.8 Å². The van der Waals surface area contributed by atoms with E-state index in [9.17, 15) is 27.9 Å². The zero-order chi connectivity index (χ0) is 28.4. The van der Waals surface area contributed by atoms with Gasteiger partial charge in [-0.15, -0.1) is 13.2 Å². The normalized spacial score (nSPS) is 13.1. The fraction of sp³-hybridized carbons (Fsp3) is 0.179. The van der Waals surface area contributed by atoms with Crippen LogP contribution in [-0.2, 0) is 6.54 Å². The summed E-state index contributed by atoms with van der Waals surface area (Å²) in [5, 5.41) is 21.1. The van der Waals surface area contributed by atoms with Crippen LogP contribution < -0.4 is 15.4 Å². The highest BCUT2D eigenvalue weighted by atomic mass is 35.5. The van der Waals surface area contributed by atoms with E-state index in [0.717, 1.165) is 36.2 Å². The lowest BCUT2D eigenvalue weighted by molar-refractivity contribution is -0.274.